The average molecular weight is 336 g/mol. The summed E-state index contributed by atoms with van der Waals surface area (Å²) in [6.45, 7) is 9.26. The van der Waals surface area contributed by atoms with Crippen LogP contribution in [0.5, 0.6) is 0 Å². The highest BCUT2D eigenvalue weighted by atomic mass is 32.1. The van der Waals surface area contributed by atoms with Crippen LogP contribution in [0.2, 0.25) is 0 Å². The fraction of sp³-hybridized carbons (Fsp3) is 0.722. The minimum atomic E-state index is 0.254. The van der Waals surface area contributed by atoms with Crippen molar-refractivity contribution >= 4 is 17.2 Å². The molecule has 1 aromatic rings. The highest BCUT2D eigenvalue weighted by Crippen LogP contribution is 2.58. The van der Waals surface area contributed by atoms with E-state index in [1.807, 2.05) is 0 Å². The summed E-state index contributed by atoms with van der Waals surface area (Å²) in [4.78, 5) is 15.0. The third kappa shape index (κ3) is 3.62. The standard InChI is InChI=1S/C18H29N3OS/c1-3-21(4-2)16(14-5-10-23-13-14)12-20-17(22)15-11-18(15)6-8-19-9-7-18/h5,10,13,15-16,19H,3-4,6-9,11-12H2,1-2H3,(H,20,22). The van der Waals surface area contributed by atoms with Gasteiger partial charge in [-0.3, -0.25) is 9.69 Å². The maximum Gasteiger partial charge on any atom is 0.223 e. The third-order valence-corrected chi connectivity index (χ3v) is 6.46. The highest BCUT2D eigenvalue weighted by Gasteiger charge is 2.57. The second-order valence-corrected chi connectivity index (χ2v) is 7.69. The van der Waals surface area contributed by atoms with E-state index in [2.05, 4.69) is 46.2 Å². The number of hydrogen-bond donors (Lipinski definition) is 2. The molecule has 4 nitrogen and oxygen atoms in total. The maximum atomic E-state index is 12.6. The van der Waals surface area contributed by atoms with Crippen LogP contribution in [0, 0.1) is 11.3 Å². The first kappa shape index (κ1) is 16.9. The number of thiophene rings is 1. The van der Waals surface area contributed by atoms with Crippen molar-refractivity contribution in [3.63, 3.8) is 0 Å². The molecule has 2 atom stereocenters. The van der Waals surface area contributed by atoms with Crippen LogP contribution in [0.1, 0.15) is 44.7 Å². The van der Waals surface area contributed by atoms with E-state index in [0.717, 1.165) is 52.0 Å². The van der Waals surface area contributed by atoms with Crippen molar-refractivity contribution in [2.75, 3.05) is 32.7 Å². The molecule has 5 heteroatoms. The summed E-state index contributed by atoms with van der Waals surface area (Å²) < 4.78 is 0. The fourth-order valence-corrected chi connectivity index (χ4v) is 4.81. The van der Waals surface area contributed by atoms with Gasteiger partial charge in [0.1, 0.15) is 0 Å². The number of amides is 1. The first-order valence-electron chi connectivity index (χ1n) is 8.94. The summed E-state index contributed by atoms with van der Waals surface area (Å²) in [5.74, 6) is 0.531. The molecule has 3 rings (SSSR count). The van der Waals surface area contributed by atoms with E-state index in [4.69, 9.17) is 0 Å². The van der Waals surface area contributed by atoms with Gasteiger partial charge in [-0.15, -0.1) is 0 Å². The van der Waals surface area contributed by atoms with E-state index in [1.54, 1.807) is 11.3 Å². The smallest absolute Gasteiger partial charge is 0.223 e. The van der Waals surface area contributed by atoms with Crippen molar-refractivity contribution in [2.24, 2.45) is 11.3 Å². The molecule has 1 amide bonds. The molecule has 2 fully saturated rings. The topological polar surface area (TPSA) is 44.4 Å². The number of nitrogens with one attached hydrogen (secondary N) is 2. The zero-order chi connectivity index (χ0) is 16.3. The highest BCUT2D eigenvalue weighted by molar-refractivity contribution is 7.07. The second-order valence-electron chi connectivity index (χ2n) is 6.91. The van der Waals surface area contributed by atoms with Crippen LogP contribution in [-0.4, -0.2) is 43.5 Å². The Morgan fingerprint density at radius 3 is 2.78 bits per heavy atom. The zero-order valence-electron chi connectivity index (χ0n) is 14.3. The Bertz CT molecular complexity index is 506. The van der Waals surface area contributed by atoms with Crippen LogP contribution in [0.15, 0.2) is 16.8 Å². The summed E-state index contributed by atoms with van der Waals surface area (Å²) in [7, 11) is 0. The molecule has 2 heterocycles. The molecule has 23 heavy (non-hydrogen) atoms. The summed E-state index contributed by atoms with van der Waals surface area (Å²) in [6.07, 6.45) is 3.42. The second kappa shape index (κ2) is 7.32. The lowest BCUT2D eigenvalue weighted by atomic mass is 9.91. The minimum Gasteiger partial charge on any atom is -0.354 e. The first-order chi connectivity index (χ1) is 11.2. The van der Waals surface area contributed by atoms with Gasteiger partial charge < -0.3 is 10.6 Å². The van der Waals surface area contributed by atoms with Gasteiger partial charge in [0.25, 0.3) is 0 Å². The number of likely N-dealkylation sites (N-methyl/N-ethyl adjacent to an activating group) is 1. The Morgan fingerprint density at radius 2 is 2.17 bits per heavy atom. The van der Waals surface area contributed by atoms with Crippen molar-refractivity contribution in [3.8, 4) is 0 Å². The summed E-state index contributed by atoms with van der Waals surface area (Å²) in [6, 6.07) is 2.48. The summed E-state index contributed by atoms with van der Waals surface area (Å²) in [5.41, 5.74) is 1.65. The molecule has 2 aliphatic rings. The quantitative estimate of drug-likeness (QED) is 0.805. The Hall–Kier alpha value is -0.910. The van der Waals surface area contributed by atoms with Crippen molar-refractivity contribution < 1.29 is 4.79 Å². The molecule has 1 saturated heterocycles. The molecule has 1 spiro atoms. The van der Waals surface area contributed by atoms with Crippen molar-refractivity contribution in [3.05, 3.63) is 22.4 Å². The molecule has 0 bridgehead atoms. The van der Waals surface area contributed by atoms with Gasteiger partial charge in [-0.05, 0) is 73.2 Å². The lowest BCUT2D eigenvalue weighted by molar-refractivity contribution is -0.123. The molecular weight excluding hydrogens is 306 g/mol. The molecule has 0 aromatic carbocycles. The number of hydrogen-bond acceptors (Lipinski definition) is 4. The molecule has 128 valence electrons. The lowest BCUT2D eigenvalue weighted by Crippen LogP contribution is -2.39. The minimum absolute atomic E-state index is 0.254. The van der Waals surface area contributed by atoms with E-state index < -0.39 is 0 Å². The van der Waals surface area contributed by atoms with Gasteiger partial charge in [-0.2, -0.15) is 11.3 Å². The molecule has 1 aliphatic heterocycles. The van der Waals surface area contributed by atoms with Crippen LogP contribution in [0.25, 0.3) is 0 Å². The van der Waals surface area contributed by atoms with Gasteiger partial charge >= 0.3 is 0 Å². The Balaban J connectivity index is 1.57. The van der Waals surface area contributed by atoms with Crippen molar-refractivity contribution in [1.29, 1.82) is 0 Å². The molecule has 2 N–H and O–H groups in total. The van der Waals surface area contributed by atoms with E-state index in [-0.39, 0.29) is 11.8 Å². The predicted molar refractivity (Wildman–Crippen MR) is 95.6 cm³/mol. The molecule has 1 aliphatic carbocycles. The van der Waals surface area contributed by atoms with Gasteiger partial charge in [-0.1, -0.05) is 13.8 Å². The zero-order valence-corrected chi connectivity index (χ0v) is 15.1. The fourth-order valence-electron chi connectivity index (χ4n) is 4.10. The van der Waals surface area contributed by atoms with Gasteiger partial charge in [-0.25, -0.2) is 0 Å². The number of rotatable bonds is 7. The van der Waals surface area contributed by atoms with Gasteiger partial charge in [0.15, 0.2) is 0 Å². The Labute approximate surface area is 143 Å². The molecule has 0 radical (unpaired) electrons. The summed E-state index contributed by atoms with van der Waals surface area (Å²) in [5, 5.41) is 11.0. The van der Waals surface area contributed by atoms with E-state index in [1.165, 1.54) is 5.56 Å². The monoisotopic (exact) mass is 335 g/mol. The van der Waals surface area contributed by atoms with Crippen LogP contribution in [0.4, 0.5) is 0 Å². The largest absolute Gasteiger partial charge is 0.354 e. The van der Waals surface area contributed by atoms with Gasteiger partial charge in [0.05, 0.1) is 6.04 Å². The van der Waals surface area contributed by atoms with E-state index >= 15 is 0 Å². The number of carbonyl (C=O) groups is 1. The van der Waals surface area contributed by atoms with Crippen LogP contribution in [0.3, 0.4) is 0 Å². The molecular formula is C18H29N3OS. The predicted octanol–water partition coefficient (Wildman–Crippen LogP) is 2.64. The maximum absolute atomic E-state index is 12.6. The third-order valence-electron chi connectivity index (χ3n) is 5.76. The van der Waals surface area contributed by atoms with Gasteiger partial charge in [0.2, 0.25) is 5.91 Å². The normalized spacial score (nSPS) is 23.9. The number of carbonyl (C=O) groups excluding carboxylic acids is 1. The number of piperidine rings is 1. The van der Waals surface area contributed by atoms with Crippen molar-refractivity contribution in [1.82, 2.24) is 15.5 Å². The van der Waals surface area contributed by atoms with E-state index in [9.17, 15) is 4.79 Å². The Kier molecular flexibility index (Phi) is 5.39. The van der Waals surface area contributed by atoms with Gasteiger partial charge in [0, 0.05) is 12.5 Å². The SMILES string of the molecule is CCN(CC)C(CNC(=O)C1CC12CCNCC2)c1ccsc1. The first-order valence-corrected chi connectivity index (χ1v) is 9.89. The molecule has 2 unspecified atom stereocenters. The number of nitrogens with zero attached hydrogens (tertiary/aromatic N) is 1. The lowest BCUT2D eigenvalue weighted by Gasteiger charge is -2.30. The molecule has 1 saturated carbocycles. The van der Waals surface area contributed by atoms with Crippen molar-refractivity contribution in [2.45, 2.75) is 39.2 Å². The van der Waals surface area contributed by atoms with Crippen LogP contribution >= 0.6 is 11.3 Å². The van der Waals surface area contributed by atoms with Crippen LogP contribution < -0.4 is 10.6 Å². The Morgan fingerprint density at radius 1 is 1.43 bits per heavy atom. The molecule has 1 aromatic heterocycles. The van der Waals surface area contributed by atoms with E-state index in [0.29, 0.717) is 11.5 Å². The average Bonchev–Trinajstić information content (AvgIpc) is 3.00. The summed E-state index contributed by atoms with van der Waals surface area (Å²) >= 11 is 1.73. The van der Waals surface area contributed by atoms with Crippen LogP contribution in [-0.2, 0) is 4.79 Å².